The summed E-state index contributed by atoms with van der Waals surface area (Å²) in [5.74, 6) is -1.64. The Labute approximate surface area is 181 Å². The summed E-state index contributed by atoms with van der Waals surface area (Å²) in [6, 6.07) is 14.5. The van der Waals surface area contributed by atoms with Crippen LogP contribution in [-0.4, -0.2) is 23.5 Å². The topological polar surface area (TPSA) is 103 Å². The van der Waals surface area contributed by atoms with Crippen LogP contribution in [0.25, 0.3) is 11.1 Å². The minimum atomic E-state index is -0.612. The van der Waals surface area contributed by atoms with E-state index in [1.54, 1.807) is 43.4 Å². The van der Waals surface area contributed by atoms with Crippen LogP contribution in [0.3, 0.4) is 0 Å². The molecule has 0 bridgehead atoms. The monoisotopic (exact) mass is 435 g/mol. The van der Waals surface area contributed by atoms with Gasteiger partial charge in [-0.25, -0.2) is 9.18 Å². The van der Waals surface area contributed by atoms with Gasteiger partial charge in [0.1, 0.15) is 11.6 Å². The first-order valence-corrected chi connectivity index (χ1v) is 9.51. The van der Waals surface area contributed by atoms with Crippen molar-refractivity contribution in [3.8, 4) is 5.75 Å². The lowest BCUT2D eigenvalue weighted by Crippen LogP contribution is -2.18. The molecule has 3 aromatic carbocycles. The van der Waals surface area contributed by atoms with E-state index in [4.69, 9.17) is 9.15 Å². The third kappa shape index (κ3) is 4.08. The molecule has 0 fully saturated rings. The van der Waals surface area contributed by atoms with Crippen LogP contribution < -0.4 is 21.1 Å². The van der Waals surface area contributed by atoms with E-state index in [-0.39, 0.29) is 11.3 Å². The molecule has 0 spiro atoms. The summed E-state index contributed by atoms with van der Waals surface area (Å²) < 4.78 is 25.4. The summed E-state index contributed by atoms with van der Waals surface area (Å²) in [5, 5.41) is 5.23. The average Bonchev–Trinajstić information content (AvgIpc) is 3.06. The second-order valence-electron chi connectivity index (χ2n) is 6.94. The minimum Gasteiger partial charge on any atom is -0.497 e. The molecule has 1 heterocycles. The van der Waals surface area contributed by atoms with Gasteiger partial charge in [-0.15, -0.1) is 0 Å². The smallest absolute Gasteiger partial charge is 0.419 e. The third-order valence-electron chi connectivity index (χ3n) is 4.88. The van der Waals surface area contributed by atoms with Gasteiger partial charge in [-0.3, -0.25) is 14.2 Å². The van der Waals surface area contributed by atoms with Crippen molar-refractivity contribution < 1.29 is 23.1 Å². The number of aryl methyl sites for hydroxylation is 1. The van der Waals surface area contributed by atoms with Crippen molar-refractivity contribution in [1.29, 1.82) is 0 Å². The lowest BCUT2D eigenvalue weighted by molar-refractivity contribution is 0.102. The molecule has 0 radical (unpaired) electrons. The van der Waals surface area contributed by atoms with E-state index in [0.29, 0.717) is 28.1 Å². The fourth-order valence-electron chi connectivity index (χ4n) is 3.16. The Hall–Kier alpha value is -4.40. The highest BCUT2D eigenvalue weighted by atomic mass is 19.1. The fraction of sp³-hybridized carbons (Fsp3) is 0.0870. The zero-order chi connectivity index (χ0) is 22.8. The number of amides is 2. The molecule has 162 valence electrons. The van der Waals surface area contributed by atoms with Crippen LogP contribution in [0.5, 0.6) is 5.75 Å². The number of aromatic nitrogens is 1. The lowest BCUT2D eigenvalue weighted by atomic mass is 10.1. The Kier molecular flexibility index (Phi) is 5.46. The number of anilines is 2. The summed E-state index contributed by atoms with van der Waals surface area (Å²) >= 11 is 0. The van der Waals surface area contributed by atoms with Crippen LogP contribution in [-0.2, 0) is 7.05 Å². The summed E-state index contributed by atoms with van der Waals surface area (Å²) in [5.41, 5.74) is 1.63. The Balaban J connectivity index is 1.58. The van der Waals surface area contributed by atoms with Crippen molar-refractivity contribution in [3.05, 3.63) is 88.2 Å². The number of ether oxygens (including phenoxy) is 1. The summed E-state index contributed by atoms with van der Waals surface area (Å²) in [6.45, 7) is 0. The van der Waals surface area contributed by atoms with Crippen molar-refractivity contribution in [3.63, 3.8) is 0 Å². The molecule has 2 amide bonds. The maximum atomic E-state index is 13.9. The van der Waals surface area contributed by atoms with Crippen LogP contribution in [0, 0.1) is 5.82 Å². The van der Waals surface area contributed by atoms with E-state index in [1.807, 2.05) is 0 Å². The normalized spacial score (nSPS) is 10.7. The first-order valence-electron chi connectivity index (χ1n) is 9.51. The number of oxazole rings is 1. The molecular formula is C23H18FN3O5. The Morgan fingerprint density at radius 2 is 1.72 bits per heavy atom. The molecule has 0 aliphatic carbocycles. The van der Waals surface area contributed by atoms with Crippen molar-refractivity contribution >= 4 is 34.3 Å². The number of nitrogens with one attached hydrogen (secondary N) is 2. The standard InChI is InChI=1S/C23H18FN3O5/c1-27-19-10-6-15(12-20(19)32-23(27)30)25-22(29)17-9-5-14(24)11-18(17)26-21(28)13-3-7-16(31-2)8-4-13/h3-12H,1-2H3,(H,25,29)(H,26,28). The number of methoxy groups -OCH3 is 1. The van der Waals surface area contributed by atoms with Gasteiger partial charge < -0.3 is 19.8 Å². The van der Waals surface area contributed by atoms with Gasteiger partial charge in [-0.1, -0.05) is 0 Å². The highest BCUT2D eigenvalue weighted by Gasteiger charge is 2.17. The van der Waals surface area contributed by atoms with Crippen LogP contribution in [0.2, 0.25) is 0 Å². The molecule has 8 nitrogen and oxygen atoms in total. The molecule has 0 atom stereocenters. The van der Waals surface area contributed by atoms with Crippen molar-refractivity contribution in [2.75, 3.05) is 17.7 Å². The number of benzene rings is 3. The highest BCUT2D eigenvalue weighted by molar-refractivity contribution is 6.12. The lowest BCUT2D eigenvalue weighted by Gasteiger charge is -2.12. The van der Waals surface area contributed by atoms with Gasteiger partial charge >= 0.3 is 5.76 Å². The number of halogens is 1. The molecule has 1 aromatic heterocycles. The first-order chi connectivity index (χ1) is 15.4. The number of carbonyl (C=O) groups is 2. The van der Waals surface area contributed by atoms with E-state index in [2.05, 4.69) is 10.6 Å². The second-order valence-corrected chi connectivity index (χ2v) is 6.94. The van der Waals surface area contributed by atoms with Crippen LogP contribution in [0.15, 0.2) is 69.9 Å². The maximum absolute atomic E-state index is 13.9. The van der Waals surface area contributed by atoms with E-state index < -0.39 is 23.4 Å². The van der Waals surface area contributed by atoms with Gasteiger partial charge in [0.05, 0.1) is 23.9 Å². The van der Waals surface area contributed by atoms with Crippen molar-refractivity contribution in [1.82, 2.24) is 4.57 Å². The summed E-state index contributed by atoms with van der Waals surface area (Å²) in [6.07, 6.45) is 0. The maximum Gasteiger partial charge on any atom is 0.419 e. The zero-order valence-electron chi connectivity index (χ0n) is 17.1. The average molecular weight is 435 g/mol. The molecule has 0 saturated heterocycles. The van der Waals surface area contributed by atoms with Crippen LogP contribution in [0.1, 0.15) is 20.7 Å². The molecule has 32 heavy (non-hydrogen) atoms. The number of rotatable bonds is 5. The predicted octanol–water partition coefficient (Wildman–Crippen LogP) is 3.78. The molecule has 9 heteroatoms. The van der Waals surface area contributed by atoms with Gasteiger partial charge in [0.25, 0.3) is 11.8 Å². The molecule has 0 aliphatic rings. The highest BCUT2D eigenvalue weighted by Crippen LogP contribution is 2.23. The van der Waals surface area contributed by atoms with Gasteiger partial charge in [0.15, 0.2) is 5.58 Å². The first kappa shape index (κ1) is 20.9. The summed E-state index contributed by atoms with van der Waals surface area (Å²) in [7, 11) is 3.08. The van der Waals surface area contributed by atoms with Gasteiger partial charge in [-0.05, 0) is 54.6 Å². The molecule has 4 rings (SSSR count). The van der Waals surface area contributed by atoms with Crippen molar-refractivity contribution in [2.24, 2.45) is 7.05 Å². The molecule has 0 aliphatic heterocycles. The van der Waals surface area contributed by atoms with Gasteiger partial charge in [0, 0.05) is 24.4 Å². The third-order valence-corrected chi connectivity index (χ3v) is 4.88. The number of nitrogens with zero attached hydrogens (tertiary/aromatic N) is 1. The predicted molar refractivity (Wildman–Crippen MR) is 117 cm³/mol. The van der Waals surface area contributed by atoms with Crippen LogP contribution in [0.4, 0.5) is 15.8 Å². The van der Waals surface area contributed by atoms with E-state index in [9.17, 15) is 18.8 Å². The Bertz CT molecular complexity index is 1390. The van der Waals surface area contributed by atoms with E-state index >= 15 is 0 Å². The second kappa shape index (κ2) is 8.38. The minimum absolute atomic E-state index is 0.00985. The zero-order valence-corrected chi connectivity index (χ0v) is 17.1. The molecule has 4 aromatic rings. The largest absolute Gasteiger partial charge is 0.497 e. The number of hydrogen-bond donors (Lipinski definition) is 2. The molecular weight excluding hydrogens is 417 g/mol. The van der Waals surface area contributed by atoms with Gasteiger partial charge in [-0.2, -0.15) is 0 Å². The number of carbonyl (C=O) groups excluding carboxylic acids is 2. The molecule has 0 saturated carbocycles. The van der Waals surface area contributed by atoms with Crippen molar-refractivity contribution in [2.45, 2.75) is 0 Å². The Morgan fingerprint density at radius 1 is 0.969 bits per heavy atom. The van der Waals surface area contributed by atoms with E-state index in [1.165, 1.54) is 23.8 Å². The Morgan fingerprint density at radius 3 is 2.44 bits per heavy atom. The van der Waals surface area contributed by atoms with Gasteiger partial charge in [0.2, 0.25) is 0 Å². The van der Waals surface area contributed by atoms with E-state index in [0.717, 1.165) is 12.1 Å². The fourth-order valence-corrected chi connectivity index (χ4v) is 3.16. The summed E-state index contributed by atoms with van der Waals surface area (Å²) in [4.78, 5) is 37.1. The molecule has 0 unspecified atom stereocenters. The number of fused-ring (bicyclic) bond motifs is 1. The number of hydrogen-bond acceptors (Lipinski definition) is 5. The quantitative estimate of drug-likeness (QED) is 0.497. The SMILES string of the molecule is COc1ccc(C(=O)Nc2cc(F)ccc2C(=O)Nc2ccc3c(c2)oc(=O)n3C)cc1. The molecule has 2 N–H and O–H groups in total. The van der Waals surface area contributed by atoms with Crippen LogP contribution >= 0.6 is 0 Å².